The molecule has 0 radical (unpaired) electrons. The summed E-state index contributed by atoms with van der Waals surface area (Å²) in [5, 5.41) is 33.7. The van der Waals surface area contributed by atoms with Gasteiger partial charge in [-0.1, -0.05) is 249 Å². The van der Waals surface area contributed by atoms with E-state index < -0.39 is 18.2 Å². The molecule has 3 atom stereocenters. The van der Waals surface area contributed by atoms with Gasteiger partial charge in [-0.15, -0.1) is 0 Å². The topological polar surface area (TPSA) is 89.8 Å². The Bertz CT molecular complexity index is 962. The Morgan fingerprint density at radius 3 is 0.984 bits per heavy atom. The molecule has 0 aromatic heterocycles. The SMILES string of the molecule is CCCCCCCCCC/C=C/CC/C=C/CCCC(O)C(O)C(CO)NC(=O)CCCCCCCCCCCCCCCCC/C=C\CCCCCCCCCCCCCC. The number of hydrogen-bond acceptors (Lipinski definition) is 4. The molecule has 5 nitrogen and oxygen atoms in total. The zero-order valence-electron chi connectivity index (χ0n) is 41.8. The number of hydrogen-bond donors (Lipinski definition) is 4. The fraction of sp³-hybridized carbons (Fsp3) is 0.877. The Hall–Kier alpha value is -1.43. The highest BCUT2D eigenvalue weighted by Crippen LogP contribution is 2.17. The van der Waals surface area contributed by atoms with Crippen LogP contribution >= 0.6 is 0 Å². The summed E-state index contributed by atoms with van der Waals surface area (Å²) in [4.78, 5) is 12.5. The van der Waals surface area contributed by atoms with Crippen molar-refractivity contribution in [2.45, 2.75) is 315 Å². The van der Waals surface area contributed by atoms with Gasteiger partial charge < -0.3 is 20.6 Å². The monoisotopic (exact) mass is 872 g/mol. The first-order chi connectivity index (χ1) is 30.6. The van der Waals surface area contributed by atoms with E-state index in [1.54, 1.807) is 0 Å². The van der Waals surface area contributed by atoms with Crippen LogP contribution in [-0.4, -0.2) is 46.1 Å². The average molecular weight is 873 g/mol. The van der Waals surface area contributed by atoms with E-state index in [1.807, 2.05) is 0 Å². The molecule has 0 aliphatic carbocycles. The van der Waals surface area contributed by atoms with Gasteiger partial charge in [-0.25, -0.2) is 0 Å². The number of aliphatic hydroxyl groups excluding tert-OH is 3. The van der Waals surface area contributed by atoms with Crippen molar-refractivity contribution in [3.63, 3.8) is 0 Å². The first kappa shape index (κ1) is 60.6. The smallest absolute Gasteiger partial charge is 0.220 e. The van der Waals surface area contributed by atoms with Crippen LogP contribution < -0.4 is 5.32 Å². The molecule has 0 saturated carbocycles. The summed E-state index contributed by atoms with van der Waals surface area (Å²) in [7, 11) is 0. The van der Waals surface area contributed by atoms with Gasteiger partial charge in [-0.05, 0) is 77.0 Å². The lowest BCUT2D eigenvalue weighted by atomic mass is 10.0. The van der Waals surface area contributed by atoms with E-state index >= 15 is 0 Å². The zero-order valence-corrected chi connectivity index (χ0v) is 41.8. The molecule has 0 aliphatic heterocycles. The molecule has 3 unspecified atom stereocenters. The predicted molar refractivity (Wildman–Crippen MR) is 273 cm³/mol. The number of rotatable bonds is 51. The third-order valence-corrected chi connectivity index (χ3v) is 12.9. The van der Waals surface area contributed by atoms with Gasteiger partial charge in [0.15, 0.2) is 0 Å². The molecule has 366 valence electrons. The van der Waals surface area contributed by atoms with Gasteiger partial charge in [0, 0.05) is 6.42 Å². The van der Waals surface area contributed by atoms with E-state index in [0.717, 1.165) is 44.9 Å². The van der Waals surface area contributed by atoms with E-state index in [1.165, 1.54) is 225 Å². The van der Waals surface area contributed by atoms with Crippen molar-refractivity contribution in [3.8, 4) is 0 Å². The van der Waals surface area contributed by atoms with Crippen molar-refractivity contribution in [1.82, 2.24) is 5.32 Å². The predicted octanol–water partition coefficient (Wildman–Crippen LogP) is 17.1. The summed E-state index contributed by atoms with van der Waals surface area (Å²) in [6.07, 6.45) is 67.3. The minimum atomic E-state index is -1.17. The lowest BCUT2D eigenvalue weighted by Gasteiger charge is -2.26. The maximum atomic E-state index is 12.5. The third kappa shape index (κ3) is 46.6. The lowest BCUT2D eigenvalue weighted by molar-refractivity contribution is -0.124. The molecule has 62 heavy (non-hydrogen) atoms. The minimum absolute atomic E-state index is 0.155. The zero-order chi connectivity index (χ0) is 45.1. The number of carbonyl (C=O) groups is 1. The van der Waals surface area contributed by atoms with Gasteiger partial charge >= 0.3 is 0 Å². The Morgan fingerprint density at radius 2 is 0.661 bits per heavy atom. The largest absolute Gasteiger partial charge is 0.394 e. The van der Waals surface area contributed by atoms with Crippen LogP contribution in [0.2, 0.25) is 0 Å². The Labute approximate surface area is 387 Å². The molecule has 0 fully saturated rings. The molecule has 0 rings (SSSR count). The molecule has 0 aromatic carbocycles. The number of carbonyl (C=O) groups excluding carboxylic acids is 1. The van der Waals surface area contributed by atoms with Crippen LogP contribution in [0.15, 0.2) is 36.5 Å². The average Bonchev–Trinajstić information content (AvgIpc) is 3.28. The molecule has 5 heteroatoms. The first-order valence-electron chi connectivity index (χ1n) is 27.8. The van der Waals surface area contributed by atoms with Crippen molar-refractivity contribution in [2.24, 2.45) is 0 Å². The van der Waals surface area contributed by atoms with Crippen LogP contribution in [0.5, 0.6) is 0 Å². The van der Waals surface area contributed by atoms with Gasteiger partial charge in [0.05, 0.1) is 18.8 Å². The van der Waals surface area contributed by atoms with E-state index in [2.05, 4.69) is 55.6 Å². The summed E-state index contributed by atoms with van der Waals surface area (Å²) >= 11 is 0. The van der Waals surface area contributed by atoms with Gasteiger partial charge in [-0.2, -0.15) is 0 Å². The minimum Gasteiger partial charge on any atom is -0.394 e. The summed E-state index contributed by atoms with van der Waals surface area (Å²) < 4.78 is 0. The summed E-state index contributed by atoms with van der Waals surface area (Å²) in [5.74, 6) is -0.155. The number of amides is 1. The number of aliphatic hydroxyl groups is 3. The Kier molecular flexibility index (Phi) is 51.0. The van der Waals surface area contributed by atoms with Gasteiger partial charge in [0.1, 0.15) is 6.10 Å². The van der Waals surface area contributed by atoms with Crippen LogP contribution in [-0.2, 0) is 4.79 Å². The van der Waals surface area contributed by atoms with E-state index in [4.69, 9.17) is 0 Å². The fourth-order valence-corrected chi connectivity index (χ4v) is 8.65. The van der Waals surface area contributed by atoms with Crippen molar-refractivity contribution < 1.29 is 20.1 Å². The highest BCUT2D eigenvalue weighted by molar-refractivity contribution is 5.76. The van der Waals surface area contributed by atoms with E-state index in [-0.39, 0.29) is 12.5 Å². The molecule has 1 amide bonds. The quantitative estimate of drug-likeness (QED) is 0.0362. The third-order valence-electron chi connectivity index (χ3n) is 12.9. The molecule has 0 bridgehead atoms. The number of allylic oxidation sites excluding steroid dienone is 6. The normalized spacial score (nSPS) is 13.6. The number of nitrogens with one attached hydrogen (secondary N) is 1. The van der Waals surface area contributed by atoms with Gasteiger partial charge in [0.2, 0.25) is 5.91 Å². The maximum Gasteiger partial charge on any atom is 0.220 e. The summed E-state index contributed by atoms with van der Waals surface area (Å²) in [6, 6.07) is -0.832. The van der Waals surface area contributed by atoms with Crippen molar-refractivity contribution in [2.75, 3.05) is 6.61 Å². The molecule has 0 heterocycles. The molecule has 4 N–H and O–H groups in total. The van der Waals surface area contributed by atoms with Crippen LogP contribution in [0.25, 0.3) is 0 Å². The van der Waals surface area contributed by atoms with Crippen LogP contribution in [0, 0.1) is 0 Å². The standard InChI is InChI=1S/C57H109NO4/c1-3-5-7-9-11-13-15-17-19-21-22-23-24-25-26-27-28-29-30-31-32-33-34-36-38-40-42-44-46-48-50-52-56(61)58-54(53-59)57(62)55(60)51-49-47-45-43-41-39-37-35-20-18-16-14-12-10-8-6-4-2/h25-26,35,37,43,45,54-55,57,59-60,62H,3-24,27-34,36,38-42,44,46-53H2,1-2H3,(H,58,61)/b26-25-,37-35+,45-43+. The highest BCUT2D eigenvalue weighted by Gasteiger charge is 2.26. The molecular formula is C57H109NO4. The first-order valence-corrected chi connectivity index (χ1v) is 27.8. The Balaban J connectivity index is 3.54. The van der Waals surface area contributed by atoms with E-state index in [9.17, 15) is 20.1 Å². The molecule has 0 aromatic rings. The molecular weight excluding hydrogens is 763 g/mol. The van der Waals surface area contributed by atoms with Crippen LogP contribution in [0.3, 0.4) is 0 Å². The second-order valence-corrected chi connectivity index (χ2v) is 19.1. The Morgan fingerprint density at radius 1 is 0.387 bits per heavy atom. The van der Waals surface area contributed by atoms with Crippen LogP contribution in [0.4, 0.5) is 0 Å². The maximum absolute atomic E-state index is 12.5. The number of unbranched alkanes of at least 4 members (excludes halogenated alkanes) is 37. The van der Waals surface area contributed by atoms with Crippen molar-refractivity contribution >= 4 is 5.91 Å². The second-order valence-electron chi connectivity index (χ2n) is 19.1. The van der Waals surface area contributed by atoms with Gasteiger partial charge in [-0.3, -0.25) is 4.79 Å². The molecule has 0 saturated heterocycles. The van der Waals surface area contributed by atoms with Gasteiger partial charge in [0.25, 0.3) is 0 Å². The van der Waals surface area contributed by atoms with Crippen molar-refractivity contribution in [3.05, 3.63) is 36.5 Å². The summed E-state index contributed by atoms with van der Waals surface area (Å²) in [6.45, 7) is 4.18. The lowest BCUT2D eigenvalue weighted by Crippen LogP contribution is -2.50. The van der Waals surface area contributed by atoms with Crippen LogP contribution in [0.1, 0.15) is 296 Å². The molecule has 0 aliphatic rings. The van der Waals surface area contributed by atoms with Crippen molar-refractivity contribution in [1.29, 1.82) is 0 Å². The van der Waals surface area contributed by atoms with E-state index in [0.29, 0.717) is 12.8 Å². The fourth-order valence-electron chi connectivity index (χ4n) is 8.65. The molecule has 0 spiro atoms. The second kappa shape index (κ2) is 52.2. The summed E-state index contributed by atoms with van der Waals surface area (Å²) in [5.41, 5.74) is 0. The highest BCUT2D eigenvalue weighted by atomic mass is 16.3.